The monoisotopic (exact) mass is 386 g/mol. The van der Waals surface area contributed by atoms with Crippen LogP contribution in [0.2, 0.25) is 0 Å². The summed E-state index contributed by atoms with van der Waals surface area (Å²) in [6.07, 6.45) is -3.78. The molecule has 0 N–H and O–H groups in total. The van der Waals surface area contributed by atoms with E-state index in [1.807, 2.05) is 0 Å². The van der Waals surface area contributed by atoms with Gasteiger partial charge in [-0.05, 0) is 0 Å². The minimum Gasteiger partial charge on any atom is -0.463 e. The molecular weight excluding hydrogens is 364 g/mol. The van der Waals surface area contributed by atoms with Crippen molar-refractivity contribution in [1.29, 1.82) is 0 Å². The van der Waals surface area contributed by atoms with E-state index in [1.165, 1.54) is 13.8 Å². The quantitative estimate of drug-likeness (QED) is 0.352. The van der Waals surface area contributed by atoms with Gasteiger partial charge in [0.15, 0.2) is 12.2 Å². The third kappa shape index (κ3) is 7.15. The van der Waals surface area contributed by atoms with Crippen LogP contribution in [0.3, 0.4) is 0 Å². The molecule has 10 heteroatoms. The van der Waals surface area contributed by atoms with Crippen molar-refractivity contribution in [3.63, 3.8) is 0 Å². The molecule has 0 aliphatic carbocycles. The molecular formula is C17H22O10. The molecule has 0 aromatic heterocycles. The van der Waals surface area contributed by atoms with Crippen LogP contribution >= 0.6 is 0 Å². The van der Waals surface area contributed by atoms with Crippen molar-refractivity contribution in [3.8, 4) is 12.0 Å². The summed E-state index contributed by atoms with van der Waals surface area (Å²) in [6, 6.07) is 0. The fourth-order valence-corrected chi connectivity index (χ4v) is 2.40. The molecule has 1 aliphatic heterocycles. The summed E-state index contributed by atoms with van der Waals surface area (Å²) in [7, 11) is 0. The molecule has 0 spiro atoms. The number of hydrogen-bond acceptors (Lipinski definition) is 10. The lowest BCUT2D eigenvalue weighted by atomic mass is 9.98. The molecule has 1 aliphatic rings. The highest BCUT2D eigenvalue weighted by Crippen LogP contribution is 2.29. The van der Waals surface area contributed by atoms with Gasteiger partial charge in [0.05, 0.1) is 0 Å². The van der Waals surface area contributed by atoms with Crippen molar-refractivity contribution in [3.05, 3.63) is 0 Å². The first-order valence-electron chi connectivity index (χ1n) is 8.03. The molecule has 0 aromatic rings. The third-order valence-electron chi connectivity index (χ3n) is 3.23. The van der Waals surface area contributed by atoms with Gasteiger partial charge in [0, 0.05) is 34.6 Å². The second-order valence-electron chi connectivity index (χ2n) is 5.54. The summed E-state index contributed by atoms with van der Waals surface area (Å²) in [5, 5.41) is 0. The van der Waals surface area contributed by atoms with E-state index in [9.17, 15) is 19.2 Å². The highest BCUT2D eigenvalue weighted by atomic mass is 16.7. The second kappa shape index (κ2) is 10.4. The molecule has 5 atom stereocenters. The molecule has 150 valence electrons. The van der Waals surface area contributed by atoms with Gasteiger partial charge in [-0.2, -0.15) is 0 Å². The summed E-state index contributed by atoms with van der Waals surface area (Å²) < 4.78 is 31.4. The predicted octanol–water partition coefficient (Wildman–Crippen LogP) is 0.0669. The fourth-order valence-electron chi connectivity index (χ4n) is 2.40. The number of rotatable bonds is 6. The molecule has 1 saturated heterocycles. The van der Waals surface area contributed by atoms with Crippen LogP contribution in [0, 0.1) is 12.0 Å². The van der Waals surface area contributed by atoms with Gasteiger partial charge < -0.3 is 28.4 Å². The summed E-state index contributed by atoms with van der Waals surface area (Å²) in [5.74, 6) is -0.253. The van der Waals surface area contributed by atoms with Gasteiger partial charge in [0.2, 0.25) is 6.10 Å². The zero-order chi connectivity index (χ0) is 20.6. The van der Waals surface area contributed by atoms with E-state index in [1.54, 1.807) is 0 Å². The van der Waals surface area contributed by atoms with Crippen LogP contribution < -0.4 is 0 Å². The van der Waals surface area contributed by atoms with Crippen LogP contribution in [-0.2, 0) is 47.6 Å². The van der Waals surface area contributed by atoms with Crippen LogP contribution in [0.1, 0.15) is 34.6 Å². The highest BCUT2D eigenvalue weighted by molar-refractivity contribution is 5.68. The maximum atomic E-state index is 11.6. The smallest absolute Gasteiger partial charge is 0.303 e. The molecule has 1 heterocycles. The Kier molecular flexibility index (Phi) is 8.55. The Labute approximate surface area is 156 Å². The Morgan fingerprint density at radius 3 is 1.81 bits per heavy atom. The number of ether oxygens (including phenoxy) is 6. The van der Waals surface area contributed by atoms with Crippen LogP contribution in [0.5, 0.6) is 0 Å². The lowest BCUT2D eigenvalue weighted by Gasteiger charge is -2.43. The Morgan fingerprint density at radius 2 is 1.33 bits per heavy atom. The molecule has 0 saturated carbocycles. The van der Waals surface area contributed by atoms with Gasteiger partial charge in [0.1, 0.15) is 18.8 Å². The molecule has 10 nitrogen and oxygen atoms in total. The number of esters is 4. The van der Waals surface area contributed by atoms with E-state index >= 15 is 0 Å². The van der Waals surface area contributed by atoms with Gasteiger partial charge in [-0.3, -0.25) is 19.2 Å². The average molecular weight is 386 g/mol. The van der Waals surface area contributed by atoms with Crippen molar-refractivity contribution in [2.24, 2.45) is 0 Å². The normalized spacial score (nSPS) is 26.6. The third-order valence-corrected chi connectivity index (χ3v) is 3.23. The Bertz CT molecular complexity index is 631. The Morgan fingerprint density at radius 1 is 0.815 bits per heavy atom. The van der Waals surface area contributed by atoms with Crippen molar-refractivity contribution in [2.45, 2.75) is 65.3 Å². The lowest BCUT2D eigenvalue weighted by Crippen LogP contribution is -2.62. The van der Waals surface area contributed by atoms with E-state index in [0.717, 1.165) is 20.8 Å². The summed E-state index contributed by atoms with van der Waals surface area (Å²) >= 11 is 0. The molecule has 0 aromatic carbocycles. The first-order valence-corrected chi connectivity index (χ1v) is 8.03. The minimum absolute atomic E-state index is 0.322. The Balaban J connectivity index is 3.28. The number of carbonyl (C=O) groups excluding carboxylic acids is 4. The zero-order valence-corrected chi connectivity index (χ0v) is 15.7. The molecule has 1 fully saturated rings. The van der Waals surface area contributed by atoms with Crippen LogP contribution in [0.4, 0.5) is 0 Å². The predicted molar refractivity (Wildman–Crippen MR) is 86.5 cm³/mol. The van der Waals surface area contributed by atoms with Gasteiger partial charge in [-0.25, -0.2) is 0 Å². The van der Waals surface area contributed by atoms with E-state index in [-0.39, 0.29) is 6.61 Å². The van der Waals surface area contributed by atoms with E-state index in [0.29, 0.717) is 0 Å². The molecule has 1 rings (SSSR count). The Hall–Kier alpha value is -2.80. The molecule has 0 radical (unpaired) electrons. The number of carbonyl (C=O) groups is 4. The van der Waals surface area contributed by atoms with E-state index < -0.39 is 54.6 Å². The average Bonchev–Trinajstić information content (AvgIpc) is 2.54. The minimum atomic E-state index is -1.28. The SMILES string of the molecule is CC#CO[C@H]1O[C@H](COC(C)=O)[C@@H](OC(C)=O)[C@H](OC(C)=O)[C@@H]1OC(C)=O. The van der Waals surface area contributed by atoms with Crippen LogP contribution in [0.15, 0.2) is 0 Å². The molecule has 27 heavy (non-hydrogen) atoms. The van der Waals surface area contributed by atoms with Crippen molar-refractivity contribution in [2.75, 3.05) is 6.61 Å². The number of hydrogen-bond donors (Lipinski definition) is 0. The van der Waals surface area contributed by atoms with Gasteiger partial charge in [0.25, 0.3) is 6.29 Å². The molecule has 0 bridgehead atoms. The summed E-state index contributed by atoms with van der Waals surface area (Å²) in [5.41, 5.74) is 0. The summed E-state index contributed by atoms with van der Waals surface area (Å²) in [6.45, 7) is 5.78. The van der Waals surface area contributed by atoms with Gasteiger partial charge in [-0.1, -0.05) is 5.92 Å². The maximum absolute atomic E-state index is 11.6. The zero-order valence-electron chi connectivity index (χ0n) is 15.7. The largest absolute Gasteiger partial charge is 0.463 e. The van der Waals surface area contributed by atoms with Crippen molar-refractivity contribution in [1.82, 2.24) is 0 Å². The topological polar surface area (TPSA) is 124 Å². The van der Waals surface area contributed by atoms with E-state index in [4.69, 9.17) is 28.4 Å². The van der Waals surface area contributed by atoms with Crippen LogP contribution in [-0.4, -0.2) is 61.2 Å². The van der Waals surface area contributed by atoms with Gasteiger partial charge in [-0.15, -0.1) is 0 Å². The summed E-state index contributed by atoms with van der Waals surface area (Å²) in [4.78, 5) is 45.7. The highest BCUT2D eigenvalue weighted by Gasteiger charge is 2.53. The maximum Gasteiger partial charge on any atom is 0.303 e. The molecule has 0 amide bonds. The van der Waals surface area contributed by atoms with Gasteiger partial charge >= 0.3 is 23.9 Å². The second-order valence-corrected chi connectivity index (χ2v) is 5.54. The lowest BCUT2D eigenvalue weighted by molar-refractivity contribution is -0.294. The fraction of sp³-hybridized carbons (Fsp3) is 0.647. The van der Waals surface area contributed by atoms with E-state index in [2.05, 4.69) is 12.0 Å². The standard InChI is InChI=1S/C17H22O10/c1-6-7-22-17-16(26-12(5)21)15(25-11(4)20)14(24-10(3)19)13(27-17)8-23-9(2)18/h13-17H,8H2,1-5H3/t13-,14-,15+,16+,17+/m1/s1. The first-order chi connectivity index (χ1) is 12.6. The van der Waals surface area contributed by atoms with Crippen LogP contribution in [0.25, 0.3) is 0 Å². The molecule has 0 unspecified atom stereocenters. The first kappa shape index (κ1) is 22.2. The van der Waals surface area contributed by atoms with Crippen molar-refractivity contribution >= 4 is 23.9 Å². The van der Waals surface area contributed by atoms with Crippen molar-refractivity contribution < 1.29 is 47.6 Å².